The highest BCUT2D eigenvalue weighted by Crippen LogP contribution is 2.35. The van der Waals surface area contributed by atoms with Crippen LogP contribution in [0.5, 0.6) is 5.75 Å². The van der Waals surface area contributed by atoms with E-state index >= 15 is 4.39 Å². The number of amides is 1. The van der Waals surface area contributed by atoms with Crippen molar-refractivity contribution in [1.29, 1.82) is 0 Å². The molecule has 1 amide bonds. The molecule has 0 spiro atoms. The number of furan rings is 1. The lowest BCUT2D eigenvalue weighted by Gasteiger charge is -2.14. The predicted molar refractivity (Wildman–Crippen MR) is 140 cm³/mol. The SMILES string of the molecule is CCOC(=O)Cc1ccc(C(N)=O)cc1OCc1cc(-c2cccc(CN)c2F)c2oc(COC)cc2c1. The van der Waals surface area contributed by atoms with Crippen molar-refractivity contribution in [2.45, 2.75) is 33.1 Å². The Morgan fingerprint density at radius 2 is 1.82 bits per heavy atom. The van der Waals surface area contributed by atoms with E-state index in [4.69, 9.17) is 30.1 Å². The highest BCUT2D eigenvalue weighted by molar-refractivity contribution is 5.94. The monoisotopic (exact) mass is 520 g/mol. The minimum Gasteiger partial charge on any atom is -0.489 e. The minimum absolute atomic E-state index is 0.0360. The number of nitrogens with two attached hydrogens (primary N) is 2. The summed E-state index contributed by atoms with van der Waals surface area (Å²) in [6.45, 7) is 2.33. The molecule has 0 aliphatic heterocycles. The summed E-state index contributed by atoms with van der Waals surface area (Å²) >= 11 is 0. The maximum absolute atomic E-state index is 15.3. The molecule has 0 bridgehead atoms. The molecule has 38 heavy (non-hydrogen) atoms. The molecule has 1 heterocycles. The average Bonchev–Trinajstić information content (AvgIpc) is 3.30. The van der Waals surface area contributed by atoms with Crippen LogP contribution in [0.2, 0.25) is 0 Å². The summed E-state index contributed by atoms with van der Waals surface area (Å²) in [5.74, 6) is -0.569. The van der Waals surface area contributed by atoms with E-state index in [1.54, 1.807) is 44.4 Å². The smallest absolute Gasteiger partial charge is 0.310 e. The molecule has 1 aromatic heterocycles. The van der Waals surface area contributed by atoms with Crippen molar-refractivity contribution in [1.82, 2.24) is 0 Å². The Labute approximate surface area is 219 Å². The molecular weight excluding hydrogens is 491 g/mol. The number of carbonyl (C=O) groups is 2. The van der Waals surface area contributed by atoms with Crippen molar-refractivity contribution >= 4 is 22.8 Å². The number of methoxy groups -OCH3 is 1. The maximum Gasteiger partial charge on any atom is 0.310 e. The number of primary amides is 1. The molecule has 4 aromatic rings. The van der Waals surface area contributed by atoms with Gasteiger partial charge in [-0.05, 0) is 42.8 Å². The summed E-state index contributed by atoms with van der Waals surface area (Å²) in [6.07, 6.45) is -0.0360. The molecular formula is C29H29FN2O6. The normalized spacial score (nSPS) is 11.1. The lowest BCUT2D eigenvalue weighted by molar-refractivity contribution is -0.142. The van der Waals surface area contributed by atoms with Gasteiger partial charge in [0.25, 0.3) is 0 Å². The fourth-order valence-electron chi connectivity index (χ4n) is 4.23. The van der Waals surface area contributed by atoms with Crippen molar-refractivity contribution in [3.05, 3.63) is 88.4 Å². The van der Waals surface area contributed by atoms with Gasteiger partial charge < -0.3 is 30.1 Å². The van der Waals surface area contributed by atoms with E-state index in [9.17, 15) is 9.59 Å². The van der Waals surface area contributed by atoms with Crippen LogP contribution < -0.4 is 16.2 Å². The Kier molecular flexibility index (Phi) is 8.40. The van der Waals surface area contributed by atoms with Crippen LogP contribution in [0, 0.1) is 5.82 Å². The van der Waals surface area contributed by atoms with E-state index in [1.165, 1.54) is 12.1 Å². The number of fused-ring (bicyclic) bond motifs is 1. The van der Waals surface area contributed by atoms with E-state index in [1.807, 2.05) is 12.1 Å². The first kappa shape index (κ1) is 26.8. The zero-order valence-corrected chi connectivity index (χ0v) is 21.2. The quantitative estimate of drug-likeness (QED) is 0.276. The number of ether oxygens (including phenoxy) is 3. The Morgan fingerprint density at radius 1 is 1.00 bits per heavy atom. The molecule has 198 valence electrons. The highest BCUT2D eigenvalue weighted by Gasteiger charge is 2.18. The van der Waals surface area contributed by atoms with Gasteiger partial charge in [0.15, 0.2) is 0 Å². The van der Waals surface area contributed by atoms with Crippen molar-refractivity contribution in [3.63, 3.8) is 0 Å². The van der Waals surface area contributed by atoms with Crippen LogP contribution in [-0.2, 0) is 40.4 Å². The van der Waals surface area contributed by atoms with Gasteiger partial charge in [-0.1, -0.05) is 24.3 Å². The molecule has 4 N–H and O–H groups in total. The number of halogens is 1. The number of benzene rings is 3. The third-order valence-electron chi connectivity index (χ3n) is 5.99. The van der Waals surface area contributed by atoms with E-state index in [2.05, 4.69) is 0 Å². The second-order valence-electron chi connectivity index (χ2n) is 8.65. The average molecular weight is 521 g/mol. The van der Waals surface area contributed by atoms with Gasteiger partial charge in [0, 0.05) is 46.9 Å². The van der Waals surface area contributed by atoms with E-state index in [0.717, 1.165) is 5.39 Å². The summed E-state index contributed by atoms with van der Waals surface area (Å²) in [5, 5.41) is 0.739. The van der Waals surface area contributed by atoms with Crippen LogP contribution >= 0.6 is 0 Å². The highest BCUT2D eigenvalue weighted by atomic mass is 19.1. The third kappa shape index (κ3) is 5.85. The maximum atomic E-state index is 15.3. The molecule has 0 radical (unpaired) electrons. The molecule has 0 aliphatic rings. The molecule has 3 aromatic carbocycles. The molecule has 4 rings (SSSR count). The zero-order chi connectivity index (χ0) is 27.2. The van der Waals surface area contributed by atoms with Gasteiger partial charge in [0.05, 0.1) is 13.0 Å². The van der Waals surface area contributed by atoms with E-state index in [0.29, 0.717) is 44.9 Å². The van der Waals surface area contributed by atoms with E-state index < -0.39 is 17.7 Å². The molecule has 0 atom stereocenters. The molecule has 0 unspecified atom stereocenters. The van der Waals surface area contributed by atoms with Gasteiger partial charge >= 0.3 is 5.97 Å². The number of hydrogen-bond donors (Lipinski definition) is 2. The molecule has 0 aliphatic carbocycles. The number of carbonyl (C=O) groups excluding carboxylic acids is 2. The number of hydrogen-bond acceptors (Lipinski definition) is 7. The van der Waals surface area contributed by atoms with E-state index in [-0.39, 0.29) is 38.3 Å². The fraction of sp³-hybridized carbons (Fsp3) is 0.241. The topological polar surface area (TPSA) is 127 Å². The van der Waals surface area contributed by atoms with Crippen LogP contribution in [0.1, 0.15) is 39.7 Å². The van der Waals surface area contributed by atoms with Crippen molar-refractivity contribution in [2.75, 3.05) is 13.7 Å². The van der Waals surface area contributed by atoms with Gasteiger partial charge in [0.1, 0.15) is 36.1 Å². The Balaban J connectivity index is 1.74. The summed E-state index contributed by atoms with van der Waals surface area (Å²) in [7, 11) is 1.56. The summed E-state index contributed by atoms with van der Waals surface area (Å²) in [5.41, 5.74) is 14.4. The van der Waals surface area contributed by atoms with Crippen LogP contribution in [0.25, 0.3) is 22.1 Å². The Bertz CT molecular complexity index is 1480. The largest absolute Gasteiger partial charge is 0.489 e. The second-order valence-corrected chi connectivity index (χ2v) is 8.65. The molecule has 0 saturated heterocycles. The van der Waals surface area contributed by atoms with Crippen LogP contribution in [0.3, 0.4) is 0 Å². The first-order valence-electron chi connectivity index (χ1n) is 12.1. The molecule has 9 heteroatoms. The van der Waals surface area contributed by atoms with Gasteiger partial charge in [0.2, 0.25) is 5.91 Å². The fourth-order valence-corrected chi connectivity index (χ4v) is 4.23. The van der Waals surface area contributed by atoms with Crippen LogP contribution in [-0.4, -0.2) is 25.6 Å². The predicted octanol–water partition coefficient (Wildman–Crippen LogP) is 4.63. The summed E-state index contributed by atoms with van der Waals surface area (Å²) in [4.78, 5) is 23.9. The van der Waals surface area contributed by atoms with Crippen molar-refractivity contribution in [3.8, 4) is 16.9 Å². The number of esters is 1. The zero-order valence-electron chi connectivity index (χ0n) is 21.2. The second kappa shape index (κ2) is 11.9. The van der Waals surface area contributed by atoms with Gasteiger partial charge in [-0.2, -0.15) is 0 Å². The first-order chi connectivity index (χ1) is 18.3. The van der Waals surface area contributed by atoms with Crippen LogP contribution in [0.15, 0.2) is 59.0 Å². The standard InChI is InChI=1S/C29H29FN2O6/c1-3-36-26(33)13-18-7-8-19(29(32)34)12-25(18)37-15-17-9-21-11-22(16-35-2)38-28(21)24(10-17)23-6-4-5-20(14-31)27(23)30/h4-12H,3,13-16,31H2,1-2H3,(H2,32,34). The molecule has 0 saturated carbocycles. The Hall–Kier alpha value is -4.21. The lowest BCUT2D eigenvalue weighted by Crippen LogP contribution is -2.13. The summed E-state index contributed by atoms with van der Waals surface area (Å²) < 4.78 is 37.7. The lowest BCUT2D eigenvalue weighted by atomic mass is 9.98. The van der Waals surface area contributed by atoms with Crippen molar-refractivity contribution < 1.29 is 32.6 Å². The third-order valence-corrected chi connectivity index (χ3v) is 5.99. The molecule has 0 fully saturated rings. The summed E-state index contributed by atoms with van der Waals surface area (Å²) in [6, 6.07) is 15.2. The minimum atomic E-state index is -0.624. The van der Waals surface area contributed by atoms with Crippen LogP contribution in [0.4, 0.5) is 4.39 Å². The van der Waals surface area contributed by atoms with Crippen molar-refractivity contribution in [2.24, 2.45) is 11.5 Å². The Morgan fingerprint density at radius 3 is 2.53 bits per heavy atom. The first-order valence-corrected chi connectivity index (χ1v) is 12.1. The van der Waals surface area contributed by atoms with Gasteiger partial charge in [-0.3, -0.25) is 9.59 Å². The van der Waals surface area contributed by atoms with Gasteiger partial charge in [-0.15, -0.1) is 0 Å². The number of rotatable bonds is 11. The molecule has 8 nitrogen and oxygen atoms in total. The van der Waals surface area contributed by atoms with Gasteiger partial charge in [-0.25, -0.2) is 4.39 Å².